The van der Waals surface area contributed by atoms with E-state index >= 15 is 0 Å². The lowest BCUT2D eigenvalue weighted by Gasteiger charge is -2.35. The molecule has 1 aromatic rings. The number of hydrogen-bond acceptors (Lipinski definition) is 5. The first kappa shape index (κ1) is 18.3. The number of rotatable bonds is 6. The lowest BCUT2D eigenvalue weighted by atomic mass is 10.0. The topological polar surface area (TPSA) is 76.8 Å². The smallest absolute Gasteiger partial charge is 0.249 e. The molecular weight excluding hydrogens is 318 g/mol. The third-order valence-electron chi connectivity index (χ3n) is 5.05. The van der Waals surface area contributed by atoms with E-state index in [-0.39, 0.29) is 24.2 Å². The highest BCUT2D eigenvalue weighted by molar-refractivity contribution is 5.81. The number of ether oxygens (including phenoxy) is 2. The van der Waals surface area contributed by atoms with Crippen molar-refractivity contribution in [1.29, 1.82) is 0 Å². The quantitative estimate of drug-likeness (QED) is 0.803. The Kier molecular flexibility index (Phi) is 6.42. The molecule has 1 amide bonds. The van der Waals surface area contributed by atoms with E-state index in [1.54, 1.807) is 0 Å². The molecule has 1 aromatic carbocycles. The van der Waals surface area contributed by atoms with Gasteiger partial charge in [0, 0.05) is 26.2 Å². The Morgan fingerprint density at radius 3 is 2.84 bits per heavy atom. The maximum Gasteiger partial charge on any atom is 0.249 e. The maximum atomic E-state index is 12.5. The lowest BCUT2D eigenvalue weighted by molar-refractivity contribution is -0.132. The van der Waals surface area contributed by atoms with Crippen LogP contribution in [0.1, 0.15) is 30.0 Å². The summed E-state index contributed by atoms with van der Waals surface area (Å²) in [5, 5.41) is 3.10. The molecule has 6 nitrogen and oxygen atoms in total. The molecular formula is C19H29N3O3. The number of benzene rings is 1. The molecule has 0 bridgehead atoms. The molecule has 1 unspecified atom stereocenters. The fraction of sp³-hybridized carbons (Fsp3) is 0.632. The number of carbonyl (C=O) groups excluding carboxylic acids is 1. The van der Waals surface area contributed by atoms with Gasteiger partial charge in [0.05, 0.1) is 25.4 Å². The molecule has 2 heterocycles. The molecule has 3 N–H and O–H groups in total. The van der Waals surface area contributed by atoms with Crippen LogP contribution >= 0.6 is 0 Å². The van der Waals surface area contributed by atoms with Gasteiger partial charge in [-0.3, -0.25) is 9.69 Å². The highest BCUT2D eigenvalue weighted by Crippen LogP contribution is 2.23. The molecule has 6 heteroatoms. The van der Waals surface area contributed by atoms with Gasteiger partial charge < -0.3 is 20.5 Å². The summed E-state index contributed by atoms with van der Waals surface area (Å²) in [4.78, 5) is 14.9. The third-order valence-corrected chi connectivity index (χ3v) is 5.05. The Balaban J connectivity index is 1.64. The number of nitrogens with one attached hydrogen (secondary N) is 1. The molecule has 2 saturated heterocycles. The lowest BCUT2D eigenvalue weighted by Crippen LogP contribution is -2.45. The Bertz CT molecular complexity index is 575. The van der Waals surface area contributed by atoms with Gasteiger partial charge in [-0.25, -0.2) is 0 Å². The van der Waals surface area contributed by atoms with Gasteiger partial charge in [-0.2, -0.15) is 0 Å². The van der Waals surface area contributed by atoms with Crippen molar-refractivity contribution in [2.24, 2.45) is 5.73 Å². The van der Waals surface area contributed by atoms with Crippen LogP contribution < -0.4 is 11.1 Å². The van der Waals surface area contributed by atoms with Crippen LogP contribution in [0.15, 0.2) is 24.3 Å². The average molecular weight is 347 g/mol. The van der Waals surface area contributed by atoms with Crippen molar-refractivity contribution in [3.63, 3.8) is 0 Å². The maximum absolute atomic E-state index is 12.5. The third kappa shape index (κ3) is 4.79. The molecule has 3 atom stereocenters. The van der Waals surface area contributed by atoms with Crippen LogP contribution in [-0.2, 0) is 14.3 Å². The van der Waals surface area contributed by atoms with Gasteiger partial charge in [-0.05, 0) is 25.3 Å². The fourth-order valence-electron chi connectivity index (χ4n) is 3.61. The van der Waals surface area contributed by atoms with Crippen LogP contribution in [0.25, 0.3) is 0 Å². The van der Waals surface area contributed by atoms with Crippen molar-refractivity contribution in [1.82, 2.24) is 10.2 Å². The number of hydrogen-bond donors (Lipinski definition) is 2. The Labute approximate surface area is 149 Å². The monoisotopic (exact) mass is 347 g/mol. The summed E-state index contributed by atoms with van der Waals surface area (Å²) in [6.45, 7) is 6.38. The van der Waals surface area contributed by atoms with Crippen LogP contribution in [0.2, 0.25) is 0 Å². The molecule has 138 valence electrons. The largest absolute Gasteiger partial charge is 0.379 e. The van der Waals surface area contributed by atoms with E-state index in [1.165, 1.54) is 11.1 Å². The zero-order valence-corrected chi connectivity index (χ0v) is 14.9. The van der Waals surface area contributed by atoms with Gasteiger partial charge in [0.1, 0.15) is 6.10 Å². The van der Waals surface area contributed by atoms with Crippen molar-refractivity contribution >= 4 is 5.91 Å². The number of morpholine rings is 1. The normalized spacial score (nSPS) is 25.7. The van der Waals surface area contributed by atoms with E-state index < -0.39 is 0 Å². The van der Waals surface area contributed by atoms with Crippen LogP contribution in [-0.4, -0.2) is 62.4 Å². The summed E-state index contributed by atoms with van der Waals surface area (Å²) in [6, 6.07) is 8.65. The van der Waals surface area contributed by atoms with E-state index in [4.69, 9.17) is 15.2 Å². The number of nitrogens with zero attached hydrogens (tertiary/aromatic N) is 1. The summed E-state index contributed by atoms with van der Waals surface area (Å²) in [6.07, 6.45) is 1.26. The predicted octanol–water partition coefficient (Wildman–Crippen LogP) is 0.991. The molecule has 2 aliphatic rings. The van der Waals surface area contributed by atoms with Gasteiger partial charge in [-0.15, -0.1) is 0 Å². The molecule has 0 spiro atoms. The Morgan fingerprint density at radius 1 is 1.36 bits per heavy atom. The zero-order chi connectivity index (χ0) is 17.6. The first-order valence-corrected chi connectivity index (χ1v) is 9.19. The van der Waals surface area contributed by atoms with Gasteiger partial charge in [0.2, 0.25) is 5.91 Å². The van der Waals surface area contributed by atoms with Crippen LogP contribution in [0.5, 0.6) is 0 Å². The standard InChI is InChI=1S/C19H29N3O3/c1-14-3-2-4-15(11-14)17(22-7-9-24-10-8-22)13-21-19(23)18-6-5-16(12-20)25-18/h2-4,11,16-18H,5-10,12-13,20H2,1H3,(H,21,23)/t16-,17?,18+/m1/s1. The summed E-state index contributed by atoms with van der Waals surface area (Å²) in [5.74, 6) is -0.0261. The minimum absolute atomic E-state index is 0.0163. The molecule has 0 aliphatic carbocycles. The second-order valence-corrected chi connectivity index (χ2v) is 6.88. The zero-order valence-electron chi connectivity index (χ0n) is 14.9. The number of aryl methyl sites for hydroxylation is 1. The van der Waals surface area contributed by atoms with Crippen LogP contribution in [0, 0.1) is 6.92 Å². The van der Waals surface area contributed by atoms with Gasteiger partial charge in [-0.1, -0.05) is 29.8 Å². The van der Waals surface area contributed by atoms with Crippen molar-refractivity contribution in [2.75, 3.05) is 39.4 Å². The summed E-state index contributed by atoms with van der Waals surface area (Å²) in [5.41, 5.74) is 8.09. The Morgan fingerprint density at radius 2 is 2.16 bits per heavy atom. The van der Waals surface area contributed by atoms with Crippen molar-refractivity contribution < 1.29 is 14.3 Å². The molecule has 2 aliphatic heterocycles. The summed E-state index contributed by atoms with van der Waals surface area (Å²) >= 11 is 0. The van der Waals surface area contributed by atoms with E-state index in [2.05, 4.69) is 41.4 Å². The molecule has 0 saturated carbocycles. The minimum atomic E-state index is -0.364. The van der Waals surface area contributed by atoms with E-state index in [9.17, 15) is 4.79 Å². The fourth-order valence-corrected chi connectivity index (χ4v) is 3.61. The highest BCUT2D eigenvalue weighted by Gasteiger charge is 2.31. The second-order valence-electron chi connectivity index (χ2n) is 6.88. The molecule has 25 heavy (non-hydrogen) atoms. The van der Waals surface area contributed by atoms with Crippen LogP contribution in [0.3, 0.4) is 0 Å². The summed E-state index contributed by atoms with van der Waals surface area (Å²) < 4.78 is 11.2. The van der Waals surface area contributed by atoms with Crippen LogP contribution in [0.4, 0.5) is 0 Å². The van der Waals surface area contributed by atoms with Gasteiger partial charge >= 0.3 is 0 Å². The number of amides is 1. The van der Waals surface area contributed by atoms with Crippen molar-refractivity contribution in [3.05, 3.63) is 35.4 Å². The predicted molar refractivity (Wildman–Crippen MR) is 96.3 cm³/mol. The Hall–Kier alpha value is -1.47. The molecule has 3 rings (SSSR count). The minimum Gasteiger partial charge on any atom is -0.379 e. The van der Waals surface area contributed by atoms with E-state index in [1.807, 2.05) is 0 Å². The molecule has 0 radical (unpaired) electrons. The molecule has 2 fully saturated rings. The first-order chi connectivity index (χ1) is 12.2. The van der Waals surface area contributed by atoms with Gasteiger partial charge in [0.15, 0.2) is 0 Å². The first-order valence-electron chi connectivity index (χ1n) is 9.19. The van der Waals surface area contributed by atoms with Gasteiger partial charge in [0.25, 0.3) is 0 Å². The van der Waals surface area contributed by atoms with Crippen molar-refractivity contribution in [3.8, 4) is 0 Å². The highest BCUT2D eigenvalue weighted by atomic mass is 16.5. The SMILES string of the molecule is Cc1cccc(C(CNC(=O)[C@@H]2CC[C@H](CN)O2)N2CCOCC2)c1. The summed E-state index contributed by atoms with van der Waals surface area (Å²) in [7, 11) is 0. The van der Waals surface area contributed by atoms with Crippen molar-refractivity contribution in [2.45, 2.75) is 38.0 Å². The number of nitrogens with two attached hydrogens (primary N) is 1. The van der Waals surface area contributed by atoms with E-state index in [0.717, 1.165) is 39.1 Å². The average Bonchev–Trinajstić information content (AvgIpc) is 3.12. The van der Waals surface area contributed by atoms with E-state index in [0.29, 0.717) is 13.1 Å². The molecule has 0 aromatic heterocycles. The second kappa shape index (κ2) is 8.76. The number of carbonyl (C=O) groups is 1.